The molecule has 0 spiro atoms. The van der Waals surface area contributed by atoms with E-state index >= 15 is 4.79 Å². The van der Waals surface area contributed by atoms with Gasteiger partial charge in [0.2, 0.25) is 11.8 Å². The predicted octanol–water partition coefficient (Wildman–Crippen LogP) is 6.11. The van der Waals surface area contributed by atoms with Gasteiger partial charge in [-0.05, 0) is 86.2 Å². The van der Waals surface area contributed by atoms with Crippen molar-refractivity contribution >= 4 is 52.5 Å². The van der Waals surface area contributed by atoms with E-state index in [1.165, 1.54) is 17.0 Å². The van der Waals surface area contributed by atoms with Gasteiger partial charge in [-0.1, -0.05) is 53.1 Å². The summed E-state index contributed by atoms with van der Waals surface area (Å²) >= 11 is 12.7. The van der Waals surface area contributed by atoms with Crippen molar-refractivity contribution < 1.29 is 33.8 Å². The molecule has 0 radical (unpaired) electrons. The van der Waals surface area contributed by atoms with E-state index in [1.807, 2.05) is 6.08 Å². The van der Waals surface area contributed by atoms with E-state index in [1.54, 1.807) is 69.5 Å². The third-order valence-corrected chi connectivity index (χ3v) is 11.2. The van der Waals surface area contributed by atoms with Gasteiger partial charge in [0, 0.05) is 17.5 Å². The molecule has 6 unspecified atom stereocenters. The second-order valence-corrected chi connectivity index (χ2v) is 13.6. The molecule has 254 valence electrons. The maximum Gasteiger partial charge on any atom is 0.260 e. The Morgan fingerprint density at radius 2 is 1.69 bits per heavy atom. The summed E-state index contributed by atoms with van der Waals surface area (Å²) in [5.41, 5.74) is 3.77. The average molecular weight is 705 g/mol. The molecule has 2 saturated heterocycles. The van der Waals surface area contributed by atoms with Crippen LogP contribution in [0.3, 0.4) is 0 Å². The molecule has 12 heteroatoms. The summed E-state index contributed by atoms with van der Waals surface area (Å²) in [5, 5.41) is 12.3. The van der Waals surface area contributed by atoms with Gasteiger partial charge in [0.15, 0.2) is 11.5 Å². The average Bonchev–Trinajstić information content (AvgIpc) is 3.47. The first-order valence-electron chi connectivity index (χ1n) is 16.3. The van der Waals surface area contributed by atoms with Crippen LogP contribution in [0.1, 0.15) is 43.7 Å². The van der Waals surface area contributed by atoms with Gasteiger partial charge in [0.25, 0.3) is 11.8 Å². The van der Waals surface area contributed by atoms with Crippen molar-refractivity contribution in [1.29, 1.82) is 0 Å². The summed E-state index contributed by atoms with van der Waals surface area (Å²) in [6.07, 6.45) is 2.46. The lowest BCUT2D eigenvalue weighted by Gasteiger charge is -2.50. The number of methoxy groups -OCH3 is 1. The van der Waals surface area contributed by atoms with Gasteiger partial charge in [-0.2, -0.15) is 5.01 Å². The summed E-state index contributed by atoms with van der Waals surface area (Å²) in [4.78, 5) is 58.7. The Morgan fingerprint density at radius 3 is 2.37 bits per heavy atom. The molecular weight excluding hydrogens is 669 g/mol. The fourth-order valence-electron chi connectivity index (χ4n) is 8.58. The van der Waals surface area contributed by atoms with Crippen LogP contribution < -0.4 is 14.9 Å². The number of anilines is 1. The van der Waals surface area contributed by atoms with Crippen molar-refractivity contribution in [3.8, 4) is 17.2 Å². The van der Waals surface area contributed by atoms with Gasteiger partial charge >= 0.3 is 0 Å². The third kappa shape index (κ3) is 4.90. The molecule has 0 aromatic heterocycles. The monoisotopic (exact) mass is 703 g/mol. The van der Waals surface area contributed by atoms with Crippen LogP contribution in [-0.4, -0.2) is 58.9 Å². The number of benzene rings is 3. The van der Waals surface area contributed by atoms with E-state index in [4.69, 9.17) is 32.7 Å². The molecule has 0 bridgehead atoms. The molecule has 2 heterocycles. The summed E-state index contributed by atoms with van der Waals surface area (Å²) in [5.74, 6) is -4.24. The number of hydrazine groups is 1. The Balaban J connectivity index is 1.48. The minimum Gasteiger partial charge on any atom is -0.504 e. The standard InChI is InChI=1S/C37H35Cl2N3O7/c1-4-41-33(44)24-13-12-23-25(31(24)35(41)46)18-26-34(45)42(40-28-14-9-21(38)17-27(28)39)36(47)37(26,20-7-10-22(48-3)11-8-20)32(23)19-6-15-29(43)30(16-19)49-5-2/h6-12,14-17,24-26,31-32,40,43H,4-5,13,18H2,1-3H3. The Bertz CT molecular complexity index is 1910. The maximum absolute atomic E-state index is 15.3. The van der Waals surface area contributed by atoms with Crippen molar-refractivity contribution in [3.63, 3.8) is 0 Å². The molecular formula is C37H35Cl2N3O7. The molecule has 4 amide bonds. The number of rotatable bonds is 8. The lowest BCUT2D eigenvalue weighted by atomic mass is 9.49. The molecule has 3 aromatic carbocycles. The first-order chi connectivity index (χ1) is 23.6. The van der Waals surface area contributed by atoms with E-state index in [9.17, 15) is 19.5 Å². The lowest BCUT2D eigenvalue weighted by molar-refractivity contribution is -0.141. The number of nitrogens with zero attached hydrogens (tertiary/aromatic N) is 2. The van der Waals surface area contributed by atoms with Gasteiger partial charge in [0.1, 0.15) is 5.75 Å². The number of allylic oxidation sites excluding steroid dienone is 2. The van der Waals surface area contributed by atoms with Gasteiger partial charge in [-0.15, -0.1) is 0 Å². The zero-order valence-electron chi connectivity index (χ0n) is 27.1. The molecule has 4 aliphatic rings. The molecule has 10 nitrogen and oxygen atoms in total. The van der Waals surface area contributed by atoms with E-state index < -0.39 is 46.8 Å². The van der Waals surface area contributed by atoms with Crippen LogP contribution in [-0.2, 0) is 24.6 Å². The molecule has 7 rings (SSSR count). The summed E-state index contributed by atoms with van der Waals surface area (Å²) < 4.78 is 11.2. The van der Waals surface area contributed by atoms with Crippen molar-refractivity contribution in [3.05, 3.63) is 93.5 Å². The molecule has 2 aliphatic carbocycles. The second-order valence-electron chi connectivity index (χ2n) is 12.8. The van der Waals surface area contributed by atoms with Gasteiger partial charge in [-0.25, -0.2) is 0 Å². The molecule has 6 atom stereocenters. The van der Waals surface area contributed by atoms with E-state index in [2.05, 4.69) is 5.43 Å². The van der Waals surface area contributed by atoms with Gasteiger partial charge < -0.3 is 14.6 Å². The molecule has 2 aliphatic heterocycles. The van der Waals surface area contributed by atoms with E-state index in [-0.39, 0.29) is 47.9 Å². The van der Waals surface area contributed by atoms with E-state index in [0.29, 0.717) is 34.0 Å². The third-order valence-electron chi connectivity index (χ3n) is 10.6. The van der Waals surface area contributed by atoms with Crippen molar-refractivity contribution in [2.45, 2.75) is 38.0 Å². The molecule has 1 saturated carbocycles. The summed E-state index contributed by atoms with van der Waals surface area (Å²) in [6, 6.07) is 16.7. The Labute approximate surface area is 293 Å². The number of nitrogens with one attached hydrogen (secondary N) is 1. The number of carbonyl (C=O) groups is 4. The largest absolute Gasteiger partial charge is 0.504 e. The number of fused-ring (bicyclic) bond motifs is 4. The minimum atomic E-state index is -1.51. The van der Waals surface area contributed by atoms with Crippen LogP contribution in [0.5, 0.6) is 17.2 Å². The highest BCUT2D eigenvalue weighted by molar-refractivity contribution is 6.36. The number of aromatic hydroxyl groups is 1. The minimum absolute atomic E-state index is 0.0738. The summed E-state index contributed by atoms with van der Waals surface area (Å²) in [6.45, 7) is 4.11. The Morgan fingerprint density at radius 1 is 0.939 bits per heavy atom. The number of halogens is 2. The number of hydrogen-bond donors (Lipinski definition) is 2. The Kier molecular flexibility index (Phi) is 8.35. The highest BCUT2D eigenvalue weighted by Gasteiger charge is 2.70. The number of phenolic OH excluding ortho intramolecular Hbond substituents is 1. The number of amides is 4. The molecule has 49 heavy (non-hydrogen) atoms. The smallest absolute Gasteiger partial charge is 0.260 e. The first kappa shape index (κ1) is 33.0. The highest BCUT2D eigenvalue weighted by Crippen LogP contribution is 2.64. The van der Waals surface area contributed by atoms with Crippen LogP contribution in [0.15, 0.2) is 72.3 Å². The van der Waals surface area contributed by atoms with Crippen LogP contribution >= 0.6 is 23.2 Å². The second kappa shape index (κ2) is 12.4. The number of carbonyl (C=O) groups excluding carboxylic acids is 4. The number of phenols is 1. The number of likely N-dealkylation sites (tertiary alicyclic amines) is 1. The molecule has 2 N–H and O–H groups in total. The normalized spacial score (nSPS) is 27.4. The fourth-order valence-corrected chi connectivity index (χ4v) is 9.03. The summed E-state index contributed by atoms with van der Waals surface area (Å²) in [7, 11) is 1.55. The molecule has 3 aromatic rings. The van der Waals surface area contributed by atoms with Crippen molar-refractivity contribution in [2.75, 3.05) is 25.7 Å². The van der Waals surface area contributed by atoms with Crippen LogP contribution in [0.4, 0.5) is 5.69 Å². The lowest BCUT2D eigenvalue weighted by Crippen LogP contribution is -2.53. The maximum atomic E-state index is 15.3. The fraction of sp³-hybridized carbons (Fsp3) is 0.351. The number of imide groups is 2. The highest BCUT2D eigenvalue weighted by atomic mass is 35.5. The number of hydrogen-bond acceptors (Lipinski definition) is 8. The van der Waals surface area contributed by atoms with Gasteiger partial charge in [0.05, 0.1) is 47.6 Å². The van der Waals surface area contributed by atoms with Crippen LogP contribution in [0.2, 0.25) is 10.0 Å². The predicted molar refractivity (Wildman–Crippen MR) is 182 cm³/mol. The zero-order chi connectivity index (χ0) is 34.8. The topological polar surface area (TPSA) is 125 Å². The Hall–Kier alpha value is -4.54. The molecule has 3 fully saturated rings. The van der Waals surface area contributed by atoms with E-state index in [0.717, 1.165) is 10.6 Å². The quantitative estimate of drug-likeness (QED) is 0.213. The number of ether oxygens (including phenoxy) is 2. The van der Waals surface area contributed by atoms with Gasteiger partial charge in [-0.3, -0.25) is 29.5 Å². The van der Waals surface area contributed by atoms with Crippen LogP contribution in [0.25, 0.3) is 0 Å². The van der Waals surface area contributed by atoms with Crippen molar-refractivity contribution in [1.82, 2.24) is 9.91 Å². The zero-order valence-corrected chi connectivity index (χ0v) is 28.6. The SMILES string of the molecule is CCOc1cc(C2C3=CCC4C(=O)N(CC)C(=O)C4C3CC3C(=O)N(Nc4ccc(Cl)cc4Cl)C(=O)C32c2ccc(OC)cc2)ccc1O. The van der Waals surface area contributed by atoms with Crippen LogP contribution in [0, 0.1) is 23.7 Å². The first-order valence-corrected chi connectivity index (χ1v) is 17.1. The van der Waals surface area contributed by atoms with Crippen molar-refractivity contribution in [2.24, 2.45) is 23.7 Å².